The number of aromatic amines is 1. The molecule has 3 rings (SSSR count). The molecular formula is C17H14N2OS. The maximum Gasteiger partial charge on any atom is 0.259 e. The molecule has 104 valence electrons. The second-order valence-corrected chi connectivity index (χ2v) is 5.52. The van der Waals surface area contributed by atoms with Crippen LogP contribution < -0.4 is 5.56 Å². The van der Waals surface area contributed by atoms with Crippen molar-refractivity contribution in [3.63, 3.8) is 0 Å². The van der Waals surface area contributed by atoms with Crippen LogP contribution in [0.25, 0.3) is 17.0 Å². The van der Waals surface area contributed by atoms with Gasteiger partial charge in [0.1, 0.15) is 0 Å². The zero-order chi connectivity index (χ0) is 14.5. The van der Waals surface area contributed by atoms with E-state index in [4.69, 9.17) is 0 Å². The van der Waals surface area contributed by atoms with Crippen molar-refractivity contribution in [3.8, 4) is 0 Å². The average molecular weight is 294 g/mol. The molecule has 4 heteroatoms. The van der Waals surface area contributed by atoms with Gasteiger partial charge in [0, 0.05) is 5.75 Å². The number of para-hydroxylation sites is 1. The van der Waals surface area contributed by atoms with Gasteiger partial charge in [-0.1, -0.05) is 66.4 Å². The normalized spacial score (nSPS) is 11.2. The number of benzene rings is 2. The predicted molar refractivity (Wildman–Crippen MR) is 88.6 cm³/mol. The van der Waals surface area contributed by atoms with Gasteiger partial charge in [-0.15, -0.1) is 0 Å². The Kier molecular flexibility index (Phi) is 4.17. The smallest absolute Gasteiger partial charge is 0.259 e. The molecule has 0 saturated carbocycles. The maximum absolute atomic E-state index is 11.9. The number of nitrogens with zero attached hydrogens (tertiary/aromatic N) is 1. The molecule has 1 N–H and O–H groups in total. The van der Waals surface area contributed by atoms with E-state index in [2.05, 4.69) is 34.3 Å². The Morgan fingerprint density at radius 2 is 1.81 bits per heavy atom. The van der Waals surface area contributed by atoms with Gasteiger partial charge in [0.15, 0.2) is 5.16 Å². The minimum Gasteiger partial charge on any atom is -0.301 e. The van der Waals surface area contributed by atoms with E-state index < -0.39 is 0 Å². The molecule has 0 amide bonds. The SMILES string of the molecule is O=c1[nH]c(SC/C=C\c2ccccc2)nc2ccccc12. The first kappa shape index (κ1) is 13.6. The number of nitrogens with one attached hydrogen (secondary N) is 1. The lowest BCUT2D eigenvalue weighted by atomic mass is 10.2. The Hall–Kier alpha value is -2.33. The van der Waals surface area contributed by atoms with E-state index >= 15 is 0 Å². The zero-order valence-electron chi connectivity index (χ0n) is 11.3. The van der Waals surface area contributed by atoms with Crippen LogP contribution in [0.1, 0.15) is 5.56 Å². The van der Waals surface area contributed by atoms with E-state index in [1.807, 2.05) is 36.4 Å². The molecule has 3 aromatic rings. The molecule has 1 heterocycles. The van der Waals surface area contributed by atoms with Crippen LogP contribution in [-0.2, 0) is 0 Å². The van der Waals surface area contributed by atoms with Crippen LogP contribution in [0.5, 0.6) is 0 Å². The Balaban J connectivity index is 1.71. The van der Waals surface area contributed by atoms with Gasteiger partial charge >= 0.3 is 0 Å². The third-order valence-electron chi connectivity index (χ3n) is 3.02. The summed E-state index contributed by atoms with van der Waals surface area (Å²) in [6, 6.07) is 17.5. The lowest BCUT2D eigenvalue weighted by molar-refractivity contribution is 0.976. The second-order valence-electron chi connectivity index (χ2n) is 4.51. The van der Waals surface area contributed by atoms with Crippen LogP contribution in [0.15, 0.2) is 70.6 Å². The topological polar surface area (TPSA) is 45.8 Å². The standard InChI is InChI=1S/C17H14N2OS/c20-16-14-10-4-5-11-15(14)18-17(19-16)21-12-6-9-13-7-2-1-3-8-13/h1-11H,12H2,(H,18,19,20)/b9-6-. The summed E-state index contributed by atoms with van der Waals surface area (Å²) in [5.41, 5.74) is 1.81. The summed E-state index contributed by atoms with van der Waals surface area (Å²) in [5.74, 6) is 0.760. The van der Waals surface area contributed by atoms with Crippen LogP contribution in [0.2, 0.25) is 0 Å². The highest BCUT2D eigenvalue weighted by Gasteiger charge is 2.02. The lowest BCUT2D eigenvalue weighted by Gasteiger charge is -2.00. The van der Waals surface area contributed by atoms with Crippen molar-refractivity contribution in [3.05, 3.63) is 76.6 Å². The fraction of sp³-hybridized carbons (Fsp3) is 0.0588. The van der Waals surface area contributed by atoms with Gasteiger partial charge in [0.25, 0.3) is 5.56 Å². The molecular weight excluding hydrogens is 280 g/mol. The molecule has 0 unspecified atom stereocenters. The van der Waals surface area contributed by atoms with E-state index in [-0.39, 0.29) is 5.56 Å². The zero-order valence-corrected chi connectivity index (χ0v) is 12.1. The van der Waals surface area contributed by atoms with E-state index in [0.717, 1.165) is 16.8 Å². The van der Waals surface area contributed by atoms with Crippen molar-refractivity contribution >= 4 is 28.7 Å². The summed E-state index contributed by atoms with van der Waals surface area (Å²) in [6.45, 7) is 0. The highest BCUT2D eigenvalue weighted by molar-refractivity contribution is 7.99. The van der Waals surface area contributed by atoms with Crippen molar-refractivity contribution in [2.45, 2.75) is 5.16 Å². The monoisotopic (exact) mass is 294 g/mol. The van der Waals surface area contributed by atoms with Crippen LogP contribution >= 0.6 is 11.8 Å². The largest absolute Gasteiger partial charge is 0.301 e. The Bertz CT molecular complexity index is 825. The molecule has 2 aromatic carbocycles. The molecule has 0 aliphatic carbocycles. The molecule has 1 aromatic heterocycles. The fourth-order valence-corrected chi connectivity index (χ4v) is 2.69. The van der Waals surface area contributed by atoms with E-state index in [1.165, 1.54) is 11.8 Å². The van der Waals surface area contributed by atoms with Crippen molar-refractivity contribution in [1.82, 2.24) is 9.97 Å². The molecule has 21 heavy (non-hydrogen) atoms. The highest BCUT2D eigenvalue weighted by Crippen LogP contribution is 2.15. The molecule has 0 bridgehead atoms. The fourth-order valence-electron chi connectivity index (χ4n) is 2.01. The quantitative estimate of drug-likeness (QED) is 0.589. The first-order chi connectivity index (χ1) is 10.3. The molecule has 0 fully saturated rings. The maximum atomic E-state index is 11.9. The second kappa shape index (κ2) is 6.41. The Morgan fingerprint density at radius 1 is 1.05 bits per heavy atom. The first-order valence-corrected chi connectivity index (χ1v) is 7.65. The number of fused-ring (bicyclic) bond motifs is 1. The molecule has 0 atom stereocenters. The van der Waals surface area contributed by atoms with Gasteiger partial charge in [-0.05, 0) is 17.7 Å². The Labute approximate surface area is 126 Å². The van der Waals surface area contributed by atoms with E-state index in [9.17, 15) is 4.79 Å². The number of thioether (sulfide) groups is 1. The number of rotatable bonds is 4. The Morgan fingerprint density at radius 3 is 2.67 bits per heavy atom. The van der Waals surface area contributed by atoms with Crippen molar-refractivity contribution in [1.29, 1.82) is 0 Å². The lowest BCUT2D eigenvalue weighted by Crippen LogP contribution is -2.08. The van der Waals surface area contributed by atoms with Gasteiger partial charge in [-0.3, -0.25) is 4.79 Å². The van der Waals surface area contributed by atoms with Gasteiger partial charge in [0.2, 0.25) is 0 Å². The summed E-state index contributed by atoms with van der Waals surface area (Å²) >= 11 is 1.52. The molecule has 0 aliphatic rings. The number of aromatic nitrogens is 2. The summed E-state index contributed by atoms with van der Waals surface area (Å²) < 4.78 is 0. The van der Waals surface area contributed by atoms with E-state index in [1.54, 1.807) is 6.07 Å². The van der Waals surface area contributed by atoms with Crippen LogP contribution in [0, 0.1) is 0 Å². The third kappa shape index (κ3) is 3.41. The van der Waals surface area contributed by atoms with Gasteiger partial charge in [0.05, 0.1) is 10.9 Å². The van der Waals surface area contributed by atoms with Gasteiger partial charge in [-0.2, -0.15) is 0 Å². The molecule has 0 spiro atoms. The molecule has 0 saturated heterocycles. The van der Waals surface area contributed by atoms with Crippen molar-refractivity contribution in [2.75, 3.05) is 5.75 Å². The van der Waals surface area contributed by atoms with Crippen molar-refractivity contribution in [2.24, 2.45) is 0 Å². The van der Waals surface area contributed by atoms with Crippen LogP contribution in [0.4, 0.5) is 0 Å². The molecule has 3 nitrogen and oxygen atoms in total. The summed E-state index contributed by atoms with van der Waals surface area (Å²) in [5, 5.41) is 1.28. The van der Waals surface area contributed by atoms with Crippen LogP contribution in [0.3, 0.4) is 0 Å². The molecule has 0 aliphatic heterocycles. The summed E-state index contributed by atoms with van der Waals surface area (Å²) in [7, 11) is 0. The third-order valence-corrected chi connectivity index (χ3v) is 3.84. The highest BCUT2D eigenvalue weighted by atomic mass is 32.2. The van der Waals surface area contributed by atoms with Crippen LogP contribution in [-0.4, -0.2) is 15.7 Å². The van der Waals surface area contributed by atoms with E-state index in [0.29, 0.717) is 10.5 Å². The number of hydrogen-bond donors (Lipinski definition) is 1. The van der Waals surface area contributed by atoms with Gasteiger partial charge in [-0.25, -0.2) is 4.98 Å². The minimum atomic E-state index is -0.0878. The number of H-pyrrole nitrogens is 1. The summed E-state index contributed by atoms with van der Waals surface area (Å²) in [6.07, 6.45) is 4.13. The summed E-state index contributed by atoms with van der Waals surface area (Å²) in [4.78, 5) is 19.2. The minimum absolute atomic E-state index is 0.0878. The average Bonchev–Trinajstić information content (AvgIpc) is 2.53. The predicted octanol–water partition coefficient (Wildman–Crippen LogP) is 3.73. The number of hydrogen-bond acceptors (Lipinski definition) is 3. The van der Waals surface area contributed by atoms with Gasteiger partial charge < -0.3 is 4.98 Å². The first-order valence-electron chi connectivity index (χ1n) is 6.66. The van der Waals surface area contributed by atoms with Crippen molar-refractivity contribution < 1.29 is 0 Å². The molecule has 0 radical (unpaired) electrons.